The van der Waals surface area contributed by atoms with E-state index in [0.717, 1.165) is 88.8 Å². The van der Waals surface area contributed by atoms with Gasteiger partial charge in [0.15, 0.2) is 0 Å². The molecule has 0 N–H and O–H groups in total. The highest BCUT2D eigenvalue weighted by molar-refractivity contribution is 7.10. The molecule has 8 saturated carbocycles. The number of rotatable bonds is 11. The molecule has 8 aliphatic rings. The molecular weight excluding hydrogens is 767 g/mol. The molecule has 8 unspecified atom stereocenters. The molecule has 0 aliphatic heterocycles. The lowest BCUT2D eigenvalue weighted by atomic mass is 9.39. The Morgan fingerprint density at radius 1 is 0.550 bits per heavy atom. The average Bonchev–Trinajstić information content (AvgIpc) is 3.75. The maximum Gasteiger partial charge on any atom is 0.0650 e. The van der Waals surface area contributed by atoms with Crippen molar-refractivity contribution in [1.82, 2.24) is 0 Å². The molecule has 60 heavy (non-hydrogen) atoms. The summed E-state index contributed by atoms with van der Waals surface area (Å²) in [6.45, 7) is 33.2. The molecular formula is C56H102O2P2. The minimum absolute atomic E-state index is 0.461. The van der Waals surface area contributed by atoms with Gasteiger partial charge in [-0.05, 0) is 212 Å². The molecule has 0 aromatic carbocycles. The molecule has 2 nitrogen and oxygen atoms in total. The van der Waals surface area contributed by atoms with Crippen LogP contribution in [0.1, 0.15) is 225 Å². The monoisotopic (exact) mass is 869 g/mol. The van der Waals surface area contributed by atoms with E-state index in [9.17, 15) is 0 Å². The van der Waals surface area contributed by atoms with Crippen molar-refractivity contribution < 1.29 is 9.05 Å². The Kier molecular flexibility index (Phi) is 15.3. The second-order valence-electron chi connectivity index (χ2n) is 26.5. The van der Waals surface area contributed by atoms with Crippen molar-refractivity contribution in [2.75, 3.05) is 0 Å². The number of hydrogen-bond acceptors (Lipinski definition) is 2. The summed E-state index contributed by atoms with van der Waals surface area (Å²) in [6, 6.07) is 0. The molecule has 0 amide bonds. The Bertz CT molecular complexity index is 1420. The molecule has 0 radical (unpaired) electrons. The molecule has 4 heteroatoms. The van der Waals surface area contributed by atoms with Gasteiger partial charge in [0.2, 0.25) is 0 Å². The Morgan fingerprint density at radius 2 is 1.08 bits per heavy atom. The van der Waals surface area contributed by atoms with Crippen molar-refractivity contribution in [3.8, 4) is 0 Å². The average molecular weight is 869 g/mol. The molecule has 0 aromatic rings. The second kappa shape index (κ2) is 18.8. The molecule has 0 aromatic heterocycles. The van der Waals surface area contributed by atoms with Gasteiger partial charge < -0.3 is 9.05 Å². The standard InChI is InChI=1S/C30H55OP.C26H47OP/c1-8-22(19(2)3)10-9-21(5)24-11-12-25-28-26(14-16-30(24,25)7)29(6)15-13-20(4)17-23(29)18-27(28)31-32;1-7-8-18(3)19-9-10-20-23-21(12-13-25(19,20)5)26(6)14-11-17(2)15-24(26,4)16-22(23)27-28/h19-28H,8-18,32H2,1-7H3;17-23H,7-16,28H2,1-6H3/t20-,21+,22+,23-,24+,25?,26?,27?,28-,29-,30+;17-,18+,19+,20?,21?,22?,23-,24-,25+,26+/m00/s1. The van der Waals surface area contributed by atoms with E-state index in [1.807, 2.05) is 0 Å². The molecule has 0 bridgehead atoms. The van der Waals surface area contributed by atoms with Gasteiger partial charge in [0.1, 0.15) is 0 Å². The zero-order valence-corrected chi connectivity index (χ0v) is 44.4. The van der Waals surface area contributed by atoms with E-state index in [-0.39, 0.29) is 0 Å². The van der Waals surface area contributed by atoms with Crippen molar-refractivity contribution >= 4 is 18.9 Å². The highest BCUT2D eigenvalue weighted by Gasteiger charge is 2.67. The quantitative estimate of drug-likeness (QED) is 0.193. The maximum atomic E-state index is 6.28. The third kappa shape index (κ3) is 8.30. The van der Waals surface area contributed by atoms with Gasteiger partial charge in [-0.1, -0.05) is 129 Å². The molecule has 348 valence electrons. The predicted octanol–water partition coefficient (Wildman–Crippen LogP) is 17.1. The van der Waals surface area contributed by atoms with Gasteiger partial charge in [0, 0.05) is 18.9 Å². The summed E-state index contributed by atoms with van der Waals surface area (Å²) in [4.78, 5) is 0. The zero-order chi connectivity index (χ0) is 43.6. The van der Waals surface area contributed by atoms with E-state index in [0.29, 0.717) is 39.3 Å². The van der Waals surface area contributed by atoms with Crippen LogP contribution in [0, 0.1) is 116 Å². The predicted molar refractivity (Wildman–Crippen MR) is 264 cm³/mol. The normalized spacial score (nSPS) is 51.1. The van der Waals surface area contributed by atoms with Crippen LogP contribution in [-0.4, -0.2) is 12.2 Å². The van der Waals surface area contributed by atoms with E-state index in [1.54, 1.807) is 0 Å². The third-order valence-electron chi connectivity index (χ3n) is 23.6. The fourth-order valence-electron chi connectivity index (χ4n) is 19.9. The van der Waals surface area contributed by atoms with E-state index in [1.165, 1.54) is 135 Å². The first-order chi connectivity index (χ1) is 28.3. The highest BCUT2D eigenvalue weighted by atomic mass is 31.0. The summed E-state index contributed by atoms with van der Waals surface area (Å²) < 4.78 is 12.5. The lowest BCUT2D eigenvalue weighted by Gasteiger charge is -2.67. The zero-order valence-electron chi connectivity index (χ0n) is 42.1. The van der Waals surface area contributed by atoms with Gasteiger partial charge in [0.25, 0.3) is 0 Å². The van der Waals surface area contributed by atoms with Crippen molar-refractivity contribution in [3.05, 3.63) is 0 Å². The van der Waals surface area contributed by atoms with Gasteiger partial charge in [0.05, 0.1) is 12.2 Å². The lowest BCUT2D eigenvalue weighted by molar-refractivity contribution is -0.196. The largest absolute Gasteiger partial charge is 0.362 e. The number of hydrogen-bond donors (Lipinski definition) is 0. The van der Waals surface area contributed by atoms with E-state index < -0.39 is 0 Å². The van der Waals surface area contributed by atoms with Crippen LogP contribution in [0.3, 0.4) is 0 Å². The summed E-state index contributed by atoms with van der Waals surface area (Å²) in [5, 5.41) is 0. The fourth-order valence-corrected chi connectivity index (χ4v) is 20.5. The van der Waals surface area contributed by atoms with Gasteiger partial charge >= 0.3 is 0 Å². The first-order valence-corrected chi connectivity index (χ1v) is 28.0. The summed E-state index contributed by atoms with van der Waals surface area (Å²) in [5.41, 5.74) is 2.68. The number of fused-ring (bicyclic) bond motifs is 10. The second-order valence-corrected chi connectivity index (χ2v) is 27.0. The third-order valence-corrected chi connectivity index (χ3v) is 24.3. The van der Waals surface area contributed by atoms with Gasteiger partial charge in [-0.2, -0.15) is 0 Å². The summed E-state index contributed by atoms with van der Waals surface area (Å²) in [5.74, 6) is 13.2. The smallest absolute Gasteiger partial charge is 0.0650 e. The Labute approximate surface area is 379 Å². The Balaban J connectivity index is 0.000000183. The van der Waals surface area contributed by atoms with Crippen molar-refractivity contribution in [1.29, 1.82) is 0 Å². The molecule has 0 saturated heterocycles. The molecule has 0 spiro atoms. The van der Waals surface area contributed by atoms with E-state index in [2.05, 4.69) is 109 Å². The van der Waals surface area contributed by atoms with Crippen LogP contribution >= 0.6 is 18.9 Å². The lowest BCUT2D eigenvalue weighted by Crippen LogP contribution is -2.62. The van der Waals surface area contributed by atoms with Crippen LogP contribution in [0.2, 0.25) is 0 Å². The van der Waals surface area contributed by atoms with E-state index >= 15 is 0 Å². The summed E-state index contributed by atoms with van der Waals surface area (Å²) in [6.07, 6.45) is 31.0. The molecule has 8 fully saturated rings. The van der Waals surface area contributed by atoms with Gasteiger partial charge in [-0.3, -0.25) is 0 Å². The van der Waals surface area contributed by atoms with Crippen LogP contribution < -0.4 is 0 Å². The topological polar surface area (TPSA) is 18.5 Å². The van der Waals surface area contributed by atoms with Crippen molar-refractivity contribution in [3.63, 3.8) is 0 Å². The van der Waals surface area contributed by atoms with Crippen molar-refractivity contribution in [2.24, 2.45) is 116 Å². The SMILES string of the molecule is CCC[C@@H](C)[C@H]1CCC2[C@@H]3C(OP)C[C@]4(C)C[C@@H](C)CC[C@]4(C)C3CC[C@@]21C.CC[C@H](CC[C@@H](C)[C@H]1CCC2[C@@H]3C(OP)C[C@@H]4C[C@@H](C)CC[C@]4(C)C3CC[C@@]21C)C(C)C. The first kappa shape index (κ1) is 48.7. The molecule has 0 heterocycles. The maximum absolute atomic E-state index is 6.28. The minimum atomic E-state index is 0.461. The first-order valence-electron chi connectivity index (χ1n) is 27.1. The van der Waals surface area contributed by atoms with Crippen LogP contribution in [0.5, 0.6) is 0 Å². The van der Waals surface area contributed by atoms with Gasteiger partial charge in [-0.25, -0.2) is 0 Å². The van der Waals surface area contributed by atoms with Crippen LogP contribution in [0.25, 0.3) is 0 Å². The summed E-state index contributed by atoms with van der Waals surface area (Å²) in [7, 11) is 5.40. The van der Waals surface area contributed by atoms with Crippen LogP contribution in [0.15, 0.2) is 0 Å². The Morgan fingerprint density at radius 3 is 1.65 bits per heavy atom. The Hall–Kier alpha value is 0.780. The highest BCUT2D eigenvalue weighted by Crippen LogP contribution is 2.73. The molecule has 23 atom stereocenters. The van der Waals surface area contributed by atoms with Crippen LogP contribution in [-0.2, 0) is 9.05 Å². The minimum Gasteiger partial charge on any atom is -0.362 e. The van der Waals surface area contributed by atoms with Crippen LogP contribution in [0.4, 0.5) is 0 Å². The fraction of sp³-hybridized carbons (Fsp3) is 1.00. The van der Waals surface area contributed by atoms with Crippen molar-refractivity contribution in [2.45, 2.75) is 237 Å². The van der Waals surface area contributed by atoms with Gasteiger partial charge in [-0.15, -0.1) is 0 Å². The summed E-state index contributed by atoms with van der Waals surface area (Å²) >= 11 is 0. The van der Waals surface area contributed by atoms with E-state index in [4.69, 9.17) is 9.05 Å². The molecule has 8 aliphatic carbocycles. The molecule has 8 rings (SSSR count).